The summed E-state index contributed by atoms with van der Waals surface area (Å²) in [5.41, 5.74) is 1.19. The summed E-state index contributed by atoms with van der Waals surface area (Å²) >= 11 is 0. The van der Waals surface area contributed by atoms with Gasteiger partial charge in [-0.3, -0.25) is 14.5 Å². The third kappa shape index (κ3) is 3.10. The molecule has 1 aromatic heterocycles. The van der Waals surface area contributed by atoms with Gasteiger partial charge in [-0.15, -0.1) is 0 Å². The molecule has 0 bridgehead atoms. The van der Waals surface area contributed by atoms with Crippen LogP contribution < -0.4 is 5.32 Å². The van der Waals surface area contributed by atoms with Crippen molar-refractivity contribution in [1.82, 2.24) is 15.2 Å². The van der Waals surface area contributed by atoms with Crippen LogP contribution >= 0.6 is 0 Å². The molecule has 0 radical (unpaired) electrons. The maximum atomic E-state index is 11.7. The molecule has 1 amide bonds. The number of likely N-dealkylation sites (tertiary alicyclic amines) is 1. The van der Waals surface area contributed by atoms with Crippen LogP contribution in [0.15, 0.2) is 41.0 Å². The first-order valence-electron chi connectivity index (χ1n) is 8.82. The summed E-state index contributed by atoms with van der Waals surface area (Å²) in [4.78, 5) is 30.0. The van der Waals surface area contributed by atoms with Gasteiger partial charge in [0.05, 0.1) is 17.2 Å². The van der Waals surface area contributed by atoms with E-state index < -0.39 is 17.4 Å². The molecule has 1 atom stereocenters. The summed E-state index contributed by atoms with van der Waals surface area (Å²) in [5.74, 6) is -1.08. The molecule has 3 heterocycles. The number of nitrogens with zero attached hydrogens (tertiary/aromatic N) is 2. The van der Waals surface area contributed by atoms with Gasteiger partial charge in [-0.25, -0.2) is 4.98 Å². The van der Waals surface area contributed by atoms with E-state index in [0.29, 0.717) is 25.3 Å². The molecule has 0 saturated carbocycles. The van der Waals surface area contributed by atoms with Gasteiger partial charge in [0.15, 0.2) is 0 Å². The van der Waals surface area contributed by atoms with Crippen LogP contribution in [-0.4, -0.2) is 45.5 Å². The van der Waals surface area contributed by atoms with Gasteiger partial charge in [0, 0.05) is 31.6 Å². The number of carboxylic acid groups (broad SMARTS) is 1. The highest BCUT2D eigenvalue weighted by atomic mass is 16.4. The van der Waals surface area contributed by atoms with Gasteiger partial charge in [0.25, 0.3) is 0 Å². The zero-order chi connectivity index (χ0) is 18.1. The highest BCUT2D eigenvalue weighted by molar-refractivity contribution is 5.88. The van der Waals surface area contributed by atoms with E-state index >= 15 is 0 Å². The Hall–Kier alpha value is -2.67. The van der Waals surface area contributed by atoms with Crippen molar-refractivity contribution in [2.24, 2.45) is 5.92 Å². The quantitative estimate of drug-likeness (QED) is 0.870. The third-order valence-electron chi connectivity index (χ3n) is 5.45. The molecule has 2 fully saturated rings. The highest BCUT2D eigenvalue weighted by Crippen LogP contribution is 2.37. The summed E-state index contributed by atoms with van der Waals surface area (Å²) in [6, 6.07) is 9.74. The van der Waals surface area contributed by atoms with Crippen LogP contribution in [0.3, 0.4) is 0 Å². The van der Waals surface area contributed by atoms with E-state index in [-0.39, 0.29) is 12.3 Å². The van der Waals surface area contributed by atoms with Gasteiger partial charge in [-0.2, -0.15) is 0 Å². The Morgan fingerprint density at radius 3 is 2.73 bits per heavy atom. The average molecular weight is 355 g/mol. The van der Waals surface area contributed by atoms with Crippen LogP contribution in [0, 0.1) is 5.92 Å². The van der Waals surface area contributed by atoms with Crippen LogP contribution in [0.1, 0.15) is 25.0 Å². The fourth-order valence-corrected chi connectivity index (χ4v) is 4.03. The fourth-order valence-electron chi connectivity index (χ4n) is 4.03. The first-order chi connectivity index (χ1) is 12.6. The molecule has 4 rings (SSSR count). The second-order valence-electron chi connectivity index (χ2n) is 7.09. The lowest BCUT2D eigenvalue weighted by Gasteiger charge is -2.41. The smallest absolute Gasteiger partial charge is 0.309 e. The number of nitrogens with one attached hydrogen (secondary N) is 1. The minimum atomic E-state index is -0.888. The monoisotopic (exact) mass is 355 g/mol. The van der Waals surface area contributed by atoms with Crippen molar-refractivity contribution in [3.8, 4) is 11.5 Å². The van der Waals surface area contributed by atoms with Crippen molar-refractivity contribution in [3.63, 3.8) is 0 Å². The van der Waals surface area contributed by atoms with Crippen molar-refractivity contribution >= 4 is 11.9 Å². The second-order valence-corrected chi connectivity index (χ2v) is 7.09. The van der Waals surface area contributed by atoms with E-state index in [1.807, 2.05) is 30.3 Å². The fraction of sp³-hybridized carbons (Fsp3) is 0.421. The summed E-state index contributed by atoms with van der Waals surface area (Å²) < 4.78 is 5.58. The summed E-state index contributed by atoms with van der Waals surface area (Å²) in [6.45, 7) is 2.09. The number of aromatic nitrogens is 1. The molecule has 0 unspecified atom stereocenters. The van der Waals surface area contributed by atoms with Gasteiger partial charge >= 0.3 is 5.97 Å². The van der Waals surface area contributed by atoms with Crippen molar-refractivity contribution in [2.45, 2.75) is 31.3 Å². The molecule has 1 spiro atoms. The molecule has 2 saturated heterocycles. The predicted molar refractivity (Wildman–Crippen MR) is 93.1 cm³/mol. The number of carbonyl (C=O) groups excluding carboxylic acids is 1. The second kappa shape index (κ2) is 6.57. The van der Waals surface area contributed by atoms with Crippen LogP contribution in [-0.2, 0) is 16.1 Å². The first kappa shape index (κ1) is 16.8. The molecule has 7 nitrogen and oxygen atoms in total. The number of hydrogen-bond acceptors (Lipinski definition) is 5. The van der Waals surface area contributed by atoms with E-state index in [0.717, 1.165) is 24.3 Å². The zero-order valence-corrected chi connectivity index (χ0v) is 14.4. The van der Waals surface area contributed by atoms with Crippen molar-refractivity contribution in [1.29, 1.82) is 0 Å². The number of amides is 1. The van der Waals surface area contributed by atoms with Crippen LogP contribution in [0.5, 0.6) is 0 Å². The van der Waals surface area contributed by atoms with Crippen molar-refractivity contribution in [2.75, 3.05) is 13.1 Å². The Bertz CT molecular complexity index is 809. The number of oxazole rings is 1. The molecule has 1 aromatic carbocycles. The minimum Gasteiger partial charge on any atom is -0.481 e. The highest BCUT2D eigenvalue weighted by Gasteiger charge is 2.51. The molecule has 2 aliphatic heterocycles. The SMILES string of the molecule is O=C1C[C@H](C(=O)O)C2(CCN(Cc3coc(-c4ccccc4)n3)CC2)N1. The van der Waals surface area contributed by atoms with Gasteiger partial charge in [0.1, 0.15) is 6.26 Å². The lowest BCUT2D eigenvalue weighted by molar-refractivity contribution is -0.144. The predicted octanol–water partition coefficient (Wildman–Crippen LogP) is 1.90. The first-order valence-corrected chi connectivity index (χ1v) is 8.82. The molecule has 2 N–H and O–H groups in total. The molecule has 7 heteroatoms. The molecular weight excluding hydrogens is 334 g/mol. The number of benzene rings is 1. The van der Waals surface area contributed by atoms with Gasteiger partial charge < -0.3 is 14.8 Å². The molecule has 136 valence electrons. The van der Waals surface area contributed by atoms with E-state index in [9.17, 15) is 14.7 Å². The Labute approximate surface area is 151 Å². The lowest BCUT2D eigenvalue weighted by Crippen LogP contribution is -2.55. The number of hydrogen-bond donors (Lipinski definition) is 2. The van der Waals surface area contributed by atoms with Crippen LogP contribution in [0.4, 0.5) is 0 Å². The zero-order valence-electron chi connectivity index (χ0n) is 14.4. The normalized spacial score (nSPS) is 22.5. The number of carboxylic acids is 1. The number of aliphatic carboxylic acids is 1. The molecule has 0 aliphatic carbocycles. The Morgan fingerprint density at radius 2 is 2.04 bits per heavy atom. The summed E-state index contributed by atoms with van der Waals surface area (Å²) in [7, 11) is 0. The third-order valence-corrected chi connectivity index (χ3v) is 5.45. The molecular formula is C19H21N3O4. The largest absolute Gasteiger partial charge is 0.481 e. The van der Waals surface area contributed by atoms with E-state index in [1.54, 1.807) is 6.26 Å². The Balaban J connectivity index is 1.39. The van der Waals surface area contributed by atoms with Crippen molar-refractivity contribution < 1.29 is 19.1 Å². The Morgan fingerprint density at radius 1 is 1.31 bits per heavy atom. The lowest BCUT2D eigenvalue weighted by atomic mass is 9.78. The number of carbonyl (C=O) groups is 2. The number of rotatable bonds is 4. The maximum Gasteiger partial charge on any atom is 0.309 e. The summed E-state index contributed by atoms with van der Waals surface area (Å²) in [6.07, 6.45) is 3.03. The molecule has 26 heavy (non-hydrogen) atoms. The van der Waals surface area contributed by atoms with E-state index in [4.69, 9.17) is 4.42 Å². The number of piperidine rings is 1. The van der Waals surface area contributed by atoms with Gasteiger partial charge in [-0.1, -0.05) is 18.2 Å². The average Bonchev–Trinajstić information content (AvgIpc) is 3.23. The van der Waals surface area contributed by atoms with Gasteiger partial charge in [0.2, 0.25) is 11.8 Å². The van der Waals surface area contributed by atoms with Crippen LogP contribution in [0.25, 0.3) is 11.5 Å². The van der Waals surface area contributed by atoms with Crippen LogP contribution in [0.2, 0.25) is 0 Å². The minimum absolute atomic E-state index is 0.0824. The van der Waals surface area contributed by atoms with E-state index in [2.05, 4.69) is 15.2 Å². The van der Waals surface area contributed by atoms with Crippen molar-refractivity contribution in [3.05, 3.63) is 42.3 Å². The van der Waals surface area contributed by atoms with Gasteiger partial charge in [-0.05, 0) is 25.0 Å². The standard InChI is InChI=1S/C19H21N3O4/c23-16-10-15(18(24)25)19(21-16)6-8-22(9-7-19)11-14-12-26-17(20-14)13-4-2-1-3-5-13/h1-5,12,15H,6-11H2,(H,21,23)(H,24,25)/t15-/m1/s1. The maximum absolute atomic E-state index is 11.7. The molecule has 2 aliphatic rings. The Kier molecular flexibility index (Phi) is 4.24. The molecule has 2 aromatic rings. The summed E-state index contributed by atoms with van der Waals surface area (Å²) in [5, 5.41) is 12.4. The van der Waals surface area contributed by atoms with E-state index in [1.165, 1.54) is 0 Å². The topological polar surface area (TPSA) is 95.7 Å².